The standard InChI is InChI=1S/C11H9F3N4/c1-18(6-2-5-15)10-8(7-16)3-4-9(17-10)11(12,13)14/h3-4H,2,6H2,1H3. The molecular formula is C11H9F3N4. The highest BCUT2D eigenvalue weighted by molar-refractivity contribution is 5.54. The molecule has 0 radical (unpaired) electrons. The number of hydrogen-bond acceptors (Lipinski definition) is 4. The second-order valence-corrected chi connectivity index (χ2v) is 3.51. The minimum Gasteiger partial charge on any atom is -0.358 e. The molecule has 0 saturated heterocycles. The Morgan fingerprint density at radius 1 is 1.33 bits per heavy atom. The summed E-state index contributed by atoms with van der Waals surface area (Å²) in [5, 5.41) is 17.3. The number of alkyl halides is 3. The van der Waals surface area contributed by atoms with Crippen molar-refractivity contribution < 1.29 is 13.2 Å². The summed E-state index contributed by atoms with van der Waals surface area (Å²) in [5.41, 5.74) is -1.01. The summed E-state index contributed by atoms with van der Waals surface area (Å²) in [6, 6.07) is 5.49. The van der Waals surface area contributed by atoms with E-state index in [4.69, 9.17) is 10.5 Å². The largest absolute Gasteiger partial charge is 0.433 e. The van der Waals surface area contributed by atoms with Crippen LogP contribution in [0.3, 0.4) is 0 Å². The third-order valence-electron chi connectivity index (χ3n) is 2.21. The van der Waals surface area contributed by atoms with E-state index < -0.39 is 11.9 Å². The molecule has 1 rings (SSSR count). The van der Waals surface area contributed by atoms with E-state index in [1.807, 2.05) is 6.07 Å². The van der Waals surface area contributed by atoms with Crippen LogP contribution in [0.2, 0.25) is 0 Å². The Morgan fingerprint density at radius 2 is 2.00 bits per heavy atom. The molecule has 0 aliphatic heterocycles. The molecule has 0 atom stereocenters. The first-order chi connectivity index (χ1) is 8.40. The van der Waals surface area contributed by atoms with Crippen LogP contribution >= 0.6 is 0 Å². The van der Waals surface area contributed by atoms with Gasteiger partial charge in [0.2, 0.25) is 0 Å². The van der Waals surface area contributed by atoms with Crippen LogP contribution in [0.1, 0.15) is 17.7 Å². The van der Waals surface area contributed by atoms with Crippen molar-refractivity contribution in [3.8, 4) is 12.1 Å². The first-order valence-corrected chi connectivity index (χ1v) is 4.96. The fourth-order valence-corrected chi connectivity index (χ4v) is 1.31. The summed E-state index contributed by atoms with van der Waals surface area (Å²) in [6.45, 7) is 0.208. The number of anilines is 1. The first-order valence-electron chi connectivity index (χ1n) is 4.96. The lowest BCUT2D eigenvalue weighted by atomic mass is 10.2. The maximum Gasteiger partial charge on any atom is 0.433 e. The molecule has 0 unspecified atom stereocenters. The predicted molar refractivity (Wildman–Crippen MR) is 57.5 cm³/mol. The molecule has 0 N–H and O–H groups in total. The highest BCUT2D eigenvalue weighted by Crippen LogP contribution is 2.30. The van der Waals surface area contributed by atoms with Crippen molar-refractivity contribution in [1.82, 2.24) is 4.98 Å². The van der Waals surface area contributed by atoms with Crippen LogP contribution in [0, 0.1) is 22.7 Å². The molecule has 0 saturated carbocycles. The minimum absolute atomic E-state index is 0.0449. The number of nitrogens with zero attached hydrogens (tertiary/aromatic N) is 4. The number of pyridine rings is 1. The molecule has 7 heteroatoms. The van der Waals surface area contributed by atoms with Crippen LogP contribution < -0.4 is 4.90 Å². The molecule has 0 bridgehead atoms. The molecule has 1 heterocycles. The van der Waals surface area contributed by atoms with Gasteiger partial charge >= 0.3 is 6.18 Å². The third-order valence-corrected chi connectivity index (χ3v) is 2.21. The summed E-state index contributed by atoms with van der Waals surface area (Å²) in [5.74, 6) is -0.0671. The number of rotatable bonds is 3. The van der Waals surface area contributed by atoms with Crippen LogP contribution in [0.15, 0.2) is 12.1 Å². The van der Waals surface area contributed by atoms with Crippen molar-refractivity contribution >= 4 is 5.82 Å². The lowest BCUT2D eigenvalue weighted by molar-refractivity contribution is -0.141. The van der Waals surface area contributed by atoms with Gasteiger partial charge in [0.15, 0.2) is 0 Å². The van der Waals surface area contributed by atoms with E-state index in [0.29, 0.717) is 0 Å². The van der Waals surface area contributed by atoms with Crippen molar-refractivity contribution in [2.24, 2.45) is 0 Å². The normalized spacial score (nSPS) is 10.6. The van der Waals surface area contributed by atoms with E-state index in [1.54, 1.807) is 6.07 Å². The fourth-order valence-electron chi connectivity index (χ4n) is 1.31. The van der Waals surface area contributed by atoms with Gasteiger partial charge in [-0.2, -0.15) is 23.7 Å². The van der Waals surface area contributed by atoms with Crippen LogP contribution in [-0.2, 0) is 6.18 Å². The van der Waals surface area contributed by atoms with E-state index in [-0.39, 0.29) is 24.3 Å². The van der Waals surface area contributed by atoms with Crippen LogP contribution in [0.4, 0.5) is 19.0 Å². The second kappa shape index (κ2) is 5.37. The second-order valence-electron chi connectivity index (χ2n) is 3.51. The molecule has 1 aromatic rings. The molecule has 1 aromatic heterocycles. The summed E-state index contributed by atoms with van der Waals surface area (Å²) in [7, 11) is 1.49. The van der Waals surface area contributed by atoms with Gasteiger partial charge < -0.3 is 4.90 Å². The Labute approximate surface area is 102 Å². The SMILES string of the molecule is CN(CCC#N)c1nc(C(F)(F)F)ccc1C#N. The van der Waals surface area contributed by atoms with Gasteiger partial charge in [-0.15, -0.1) is 0 Å². The summed E-state index contributed by atoms with van der Waals surface area (Å²) < 4.78 is 37.5. The van der Waals surface area contributed by atoms with E-state index in [1.165, 1.54) is 11.9 Å². The molecular weight excluding hydrogens is 245 g/mol. The highest BCUT2D eigenvalue weighted by atomic mass is 19.4. The summed E-state index contributed by atoms with van der Waals surface area (Å²) in [4.78, 5) is 4.79. The molecule has 0 spiro atoms. The lowest BCUT2D eigenvalue weighted by Crippen LogP contribution is -2.22. The van der Waals surface area contributed by atoms with E-state index in [0.717, 1.165) is 12.1 Å². The van der Waals surface area contributed by atoms with Crippen LogP contribution in [0.25, 0.3) is 0 Å². The van der Waals surface area contributed by atoms with Crippen molar-refractivity contribution in [2.45, 2.75) is 12.6 Å². The van der Waals surface area contributed by atoms with Crippen molar-refractivity contribution in [2.75, 3.05) is 18.5 Å². The number of nitriles is 2. The lowest BCUT2D eigenvalue weighted by Gasteiger charge is -2.19. The molecule has 0 amide bonds. The molecule has 0 aliphatic rings. The zero-order valence-corrected chi connectivity index (χ0v) is 9.49. The fraction of sp³-hybridized carbons (Fsp3) is 0.364. The maximum atomic E-state index is 12.5. The van der Waals surface area contributed by atoms with Gasteiger partial charge in [-0.1, -0.05) is 0 Å². The summed E-state index contributed by atoms with van der Waals surface area (Å²) >= 11 is 0. The predicted octanol–water partition coefficient (Wildman–Crippen LogP) is 2.32. The zero-order chi connectivity index (χ0) is 13.8. The quantitative estimate of drug-likeness (QED) is 0.830. The average molecular weight is 254 g/mol. The van der Waals surface area contributed by atoms with Crippen molar-refractivity contribution in [1.29, 1.82) is 10.5 Å². The van der Waals surface area contributed by atoms with Gasteiger partial charge in [-0.05, 0) is 12.1 Å². The molecule has 0 aromatic carbocycles. The Kier molecular flexibility index (Phi) is 4.11. The topological polar surface area (TPSA) is 63.7 Å². The number of hydrogen-bond donors (Lipinski definition) is 0. The molecule has 0 aliphatic carbocycles. The monoisotopic (exact) mass is 254 g/mol. The first kappa shape index (κ1) is 13.8. The molecule has 18 heavy (non-hydrogen) atoms. The molecule has 0 fully saturated rings. The van der Waals surface area contributed by atoms with E-state index in [2.05, 4.69) is 4.98 Å². The van der Waals surface area contributed by atoms with Crippen LogP contribution in [-0.4, -0.2) is 18.6 Å². The Bertz CT molecular complexity index is 510. The average Bonchev–Trinajstić information content (AvgIpc) is 2.34. The van der Waals surface area contributed by atoms with Gasteiger partial charge in [0, 0.05) is 13.6 Å². The maximum absolute atomic E-state index is 12.5. The van der Waals surface area contributed by atoms with Gasteiger partial charge in [0.25, 0.3) is 0 Å². The molecule has 4 nitrogen and oxygen atoms in total. The number of halogens is 3. The van der Waals surface area contributed by atoms with Gasteiger partial charge in [0.05, 0.1) is 18.1 Å². The zero-order valence-electron chi connectivity index (χ0n) is 9.49. The van der Waals surface area contributed by atoms with Crippen molar-refractivity contribution in [3.63, 3.8) is 0 Å². The minimum atomic E-state index is -4.56. The Balaban J connectivity index is 3.16. The van der Waals surface area contributed by atoms with Gasteiger partial charge in [0.1, 0.15) is 17.6 Å². The smallest absolute Gasteiger partial charge is 0.358 e. The highest BCUT2D eigenvalue weighted by Gasteiger charge is 2.33. The van der Waals surface area contributed by atoms with E-state index >= 15 is 0 Å². The molecule has 94 valence electrons. The Hall–Kier alpha value is -2.28. The van der Waals surface area contributed by atoms with Gasteiger partial charge in [-0.25, -0.2) is 4.98 Å². The van der Waals surface area contributed by atoms with Crippen molar-refractivity contribution in [3.05, 3.63) is 23.4 Å². The third kappa shape index (κ3) is 3.11. The number of aromatic nitrogens is 1. The Morgan fingerprint density at radius 3 is 2.50 bits per heavy atom. The van der Waals surface area contributed by atoms with E-state index in [9.17, 15) is 13.2 Å². The summed E-state index contributed by atoms with van der Waals surface area (Å²) in [6.07, 6.45) is -4.42. The van der Waals surface area contributed by atoms with Gasteiger partial charge in [-0.3, -0.25) is 0 Å². The van der Waals surface area contributed by atoms with Crippen LogP contribution in [0.5, 0.6) is 0 Å².